The summed E-state index contributed by atoms with van der Waals surface area (Å²) in [6.07, 6.45) is -2.81. The lowest BCUT2D eigenvalue weighted by Crippen LogP contribution is -2.07. The fourth-order valence-electron chi connectivity index (χ4n) is 2.60. The molecule has 6 heteroatoms. The second-order valence-electron chi connectivity index (χ2n) is 5.62. The molecule has 0 saturated heterocycles. The Kier molecular flexibility index (Phi) is 3.96. The van der Waals surface area contributed by atoms with Gasteiger partial charge in [0.15, 0.2) is 0 Å². The molecule has 3 rings (SSSR count). The third kappa shape index (κ3) is 2.87. The number of benzene rings is 1. The molecule has 0 aliphatic rings. The van der Waals surface area contributed by atoms with Crippen molar-refractivity contribution in [3.63, 3.8) is 0 Å². The summed E-state index contributed by atoms with van der Waals surface area (Å²) in [6.45, 7) is 3.86. The molecule has 0 saturated carbocycles. The molecule has 0 fully saturated rings. The van der Waals surface area contributed by atoms with E-state index in [-0.39, 0.29) is 11.6 Å². The second-order valence-corrected chi connectivity index (χ2v) is 6.54. The van der Waals surface area contributed by atoms with Crippen LogP contribution in [0.15, 0.2) is 47.1 Å². The van der Waals surface area contributed by atoms with E-state index >= 15 is 0 Å². The lowest BCUT2D eigenvalue weighted by atomic mass is 10.0. The van der Waals surface area contributed by atoms with E-state index in [0.29, 0.717) is 11.4 Å². The van der Waals surface area contributed by atoms with Crippen LogP contribution in [0.5, 0.6) is 0 Å². The van der Waals surface area contributed by atoms with Gasteiger partial charge in [-0.05, 0) is 30.2 Å². The van der Waals surface area contributed by atoms with Gasteiger partial charge in [0.25, 0.3) is 0 Å². The van der Waals surface area contributed by atoms with Crippen LogP contribution in [0.2, 0.25) is 0 Å². The summed E-state index contributed by atoms with van der Waals surface area (Å²) >= 11 is 3.37. The molecule has 0 bridgehead atoms. The minimum Gasteiger partial charge on any atom is -0.299 e. The highest BCUT2D eigenvalue weighted by atomic mass is 79.9. The summed E-state index contributed by atoms with van der Waals surface area (Å²) in [5, 5.41) is 0. The number of fused-ring (bicyclic) bond motifs is 1. The molecule has 0 N–H and O–H groups in total. The van der Waals surface area contributed by atoms with Crippen LogP contribution in [-0.4, -0.2) is 9.38 Å². The molecule has 0 radical (unpaired) electrons. The molecule has 0 unspecified atom stereocenters. The summed E-state index contributed by atoms with van der Waals surface area (Å²) in [6, 6.07) is 9.96. The van der Waals surface area contributed by atoms with E-state index in [4.69, 9.17) is 0 Å². The van der Waals surface area contributed by atoms with Crippen LogP contribution >= 0.6 is 15.9 Å². The predicted octanol–water partition coefficient (Wildman–Crippen LogP) is 5.91. The van der Waals surface area contributed by atoms with Crippen molar-refractivity contribution in [1.29, 1.82) is 0 Å². The van der Waals surface area contributed by atoms with Gasteiger partial charge in [-0.3, -0.25) is 4.40 Å². The zero-order chi connectivity index (χ0) is 16.8. The smallest absolute Gasteiger partial charge is 0.299 e. The highest BCUT2D eigenvalue weighted by molar-refractivity contribution is 9.10. The summed E-state index contributed by atoms with van der Waals surface area (Å²) in [5.41, 5.74) is 1.42. The molecule has 120 valence electrons. The van der Waals surface area contributed by atoms with Crippen molar-refractivity contribution in [2.24, 2.45) is 0 Å². The predicted molar refractivity (Wildman–Crippen MR) is 87.4 cm³/mol. The quantitative estimate of drug-likeness (QED) is 0.538. The summed E-state index contributed by atoms with van der Waals surface area (Å²) in [5.74, 6) is 0.00892. The van der Waals surface area contributed by atoms with E-state index in [9.17, 15) is 13.2 Å². The minimum atomic E-state index is -4.43. The maximum absolute atomic E-state index is 13.3. The van der Waals surface area contributed by atoms with Gasteiger partial charge in [0.1, 0.15) is 5.65 Å². The number of halogens is 4. The fourth-order valence-corrected chi connectivity index (χ4v) is 2.87. The maximum Gasteiger partial charge on any atom is 0.419 e. The molecule has 2 nitrogen and oxygen atoms in total. The number of pyridine rings is 1. The third-order valence-electron chi connectivity index (χ3n) is 3.65. The van der Waals surface area contributed by atoms with Crippen molar-refractivity contribution >= 4 is 21.6 Å². The number of hydrogen-bond donors (Lipinski definition) is 0. The summed E-state index contributed by atoms with van der Waals surface area (Å²) in [4.78, 5) is 4.31. The van der Waals surface area contributed by atoms with Crippen molar-refractivity contribution in [2.75, 3.05) is 0 Å². The first-order valence-corrected chi connectivity index (χ1v) is 7.92. The van der Waals surface area contributed by atoms with Crippen LogP contribution in [-0.2, 0) is 6.18 Å². The van der Waals surface area contributed by atoms with Gasteiger partial charge in [-0.15, -0.1) is 0 Å². The van der Waals surface area contributed by atoms with Gasteiger partial charge in [-0.2, -0.15) is 13.2 Å². The first-order valence-electron chi connectivity index (χ1n) is 7.13. The average molecular weight is 383 g/mol. The Hall–Kier alpha value is -1.82. The fraction of sp³-hybridized carbons (Fsp3) is 0.235. The van der Waals surface area contributed by atoms with Gasteiger partial charge in [0.05, 0.1) is 17.0 Å². The van der Waals surface area contributed by atoms with E-state index in [1.807, 2.05) is 38.1 Å². The monoisotopic (exact) mass is 382 g/mol. The Labute approximate surface area is 140 Å². The van der Waals surface area contributed by atoms with E-state index in [1.165, 1.54) is 10.5 Å². The number of rotatable bonds is 2. The van der Waals surface area contributed by atoms with Crippen molar-refractivity contribution < 1.29 is 13.2 Å². The van der Waals surface area contributed by atoms with E-state index in [2.05, 4.69) is 20.9 Å². The summed E-state index contributed by atoms with van der Waals surface area (Å²) < 4.78 is 42.2. The van der Waals surface area contributed by atoms with Gasteiger partial charge < -0.3 is 0 Å². The maximum atomic E-state index is 13.3. The van der Waals surface area contributed by atoms with Crippen LogP contribution in [0.1, 0.15) is 31.0 Å². The van der Waals surface area contributed by atoms with E-state index < -0.39 is 11.7 Å². The van der Waals surface area contributed by atoms with Gasteiger partial charge in [-0.25, -0.2) is 4.98 Å². The molecule has 2 aromatic heterocycles. The van der Waals surface area contributed by atoms with Crippen LogP contribution < -0.4 is 0 Å². The lowest BCUT2D eigenvalue weighted by Gasteiger charge is -2.09. The first kappa shape index (κ1) is 16.1. The second kappa shape index (κ2) is 5.67. The van der Waals surface area contributed by atoms with Gasteiger partial charge in [0.2, 0.25) is 0 Å². The van der Waals surface area contributed by atoms with Crippen LogP contribution in [0.25, 0.3) is 16.9 Å². The van der Waals surface area contributed by atoms with Gasteiger partial charge >= 0.3 is 6.18 Å². The van der Waals surface area contributed by atoms with Crippen LogP contribution in [0.4, 0.5) is 13.2 Å². The Balaban J connectivity index is 2.36. The number of imidazole rings is 1. The minimum absolute atomic E-state index is 0.00892. The van der Waals surface area contributed by atoms with Crippen LogP contribution in [0, 0.1) is 0 Å². The molecule has 0 amide bonds. The molecular formula is C17H14BrF3N2. The third-order valence-corrected chi connectivity index (χ3v) is 4.18. The van der Waals surface area contributed by atoms with E-state index in [0.717, 1.165) is 16.1 Å². The molecule has 0 spiro atoms. The van der Waals surface area contributed by atoms with Crippen LogP contribution in [0.3, 0.4) is 0 Å². The Morgan fingerprint density at radius 1 is 1.09 bits per heavy atom. The molecule has 0 aliphatic heterocycles. The van der Waals surface area contributed by atoms with E-state index in [1.54, 1.807) is 6.20 Å². The zero-order valence-corrected chi connectivity index (χ0v) is 14.1. The summed E-state index contributed by atoms with van der Waals surface area (Å²) in [7, 11) is 0. The molecule has 0 aliphatic carbocycles. The average Bonchev–Trinajstić information content (AvgIpc) is 2.86. The Morgan fingerprint density at radius 2 is 1.74 bits per heavy atom. The highest BCUT2D eigenvalue weighted by Crippen LogP contribution is 2.36. The van der Waals surface area contributed by atoms with Gasteiger partial charge in [-0.1, -0.05) is 41.9 Å². The lowest BCUT2D eigenvalue weighted by molar-refractivity contribution is -0.136. The molecular weight excluding hydrogens is 369 g/mol. The molecule has 2 heterocycles. The zero-order valence-electron chi connectivity index (χ0n) is 12.5. The molecule has 23 heavy (non-hydrogen) atoms. The Morgan fingerprint density at radius 3 is 2.30 bits per heavy atom. The SMILES string of the molecule is CC(C)c1nc2c(C(F)(F)F)cccn2c1-c1ccc(Br)cc1. The molecule has 3 aromatic rings. The van der Waals surface area contributed by atoms with Gasteiger partial charge in [0, 0.05) is 16.2 Å². The number of alkyl halides is 3. The van der Waals surface area contributed by atoms with Crippen molar-refractivity contribution in [1.82, 2.24) is 9.38 Å². The van der Waals surface area contributed by atoms with Crippen molar-refractivity contribution in [3.8, 4) is 11.3 Å². The first-order chi connectivity index (χ1) is 10.8. The van der Waals surface area contributed by atoms with Crippen molar-refractivity contribution in [2.45, 2.75) is 25.9 Å². The standard InChI is InChI=1S/C17H14BrF3N2/c1-10(2)14-15(11-5-7-12(18)8-6-11)23-9-3-4-13(16(23)22-14)17(19,20)21/h3-10H,1-2H3. The highest BCUT2D eigenvalue weighted by Gasteiger charge is 2.34. The van der Waals surface area contributed by atoms with Crippen molar-refractivity contribution in [3.05, 3.63) is 58.3 Å². The molecule has 1 aromatic carbocycles. The Bertz CT molecular complexity index is 849. The largest absolute Gasteiger partial charge is 0.419 e. The number of nitrogens with zero attached hydrogens (tertiary/aromatic N) is 2. The normalized spacial score (nSPS) is 12.3. The topological polar surface area (TPSA) is 17.3 Å². The molecule has 0 atom stereocenters. The number of hydrogen-bond acceptors (Lipinski definition) is 1. The number of aromatic nitrogens is 2.